The Bertz CT molecular complexity index is 582. The molecule has 0 aromatic heterocycles. The zero-order valence-corrected chi connectivity index (χ0v) is 14.3. The Morgan fingerprint density at radius 2 is 1.92 bits per heavy atom. The van der Waals surface area contributed by atoms with Crippen molar-refractivity contribution in [2.75, 3.05) is 0 Å². The zero-order chi connectivity index (χ0) is 17.1. The van der Waals surface area contributed by atoms with E-state index in [2.05, 4.69) is 13.0 Å². The van der Waals surface area contributed by atoms with Gasteiger partial charge in [-0.1, -0.05) is 18.6 Å². The lowest BCUT2D eigenvalue weighted by atomic mass is 9.47. The van der Waals surface area contributed by atoms with Crippen LogP contribution in [0.2, 0.25) is 0 Å². The van der Waals surface area contributed by atoms with Crippen molar-refractivity contribution in [3.05, 3.63) is 23.8 Å². The number of hydrogen-bond acceptors (Lipinski definition) is 2. The van der Waals surface area contributed by atoms with E-state index in [4.69, 9.17) is 0 Å². The van der Waals surface area contributed by atoms with E-state index in [-0.39, 0.29) is 23.5 Å². The molecule has 134 valence electrons. The van der Waals surface area contributed by atoms with Gasteiger partial charge in [-0.15, -0.1) is 0 Å². The van der Waals surface area contributed by atoms with Crippen LogP contribution >= 0.6 is 0 Å². The molecule has 4 aliphatic rings. The monoisotopic (exact) mass is 338 g/mol. The molecule has 0 amide bonds. The van der Waals surface area contributed by atoms with Crippen LogP contribution in [0.1, 0.15) is 58.3 Å². The van der Waals surface area contributed by atoms with Gasteiger partial charge < -0.3 is 10.2 Å². The molecule has 0 aromatic carbocycles. The van der Waals surface area contributed by atoms with Crippen molar-refractivity contribution in [3.63, 3.8) is 0 Å². The quantitative estimate of drug-likeness (QED) is 0.694. The highest BCUT2D eigenvalue weighted by molar-refractivity contribution is 5.32. The van der Waals surface area contributed by atoms with E-state index in [9.17, 15) is 19.0 Å². The van der Waals surface area contributed by atoms with E-state index in [0.717, 1.165) is 37.7 Å². The summed E-state index contributed by atoms with van der Waals surface area (Å²) in [6, 6.07) is 0. The van der Waals surface area contributed by atoms with Crippen LogP contribution in [0.4, 0.5) is 8.78 Å². The second kappa shape index (κ2) is 5.63. The maximum Gasteiger partial charge on any atom is 0.267 e. The molecule has 2 nitrogen and oxygen atoms in total. The van der Waals surface area contributed by atoms with Crippen molar-refractivity contribution in [3.8, 4) is 0 Å². The summed E-state index contributed by atoms with van der Waals surface area (Å²) in [4.78, 5) is 0. The molecular weight excluding hydrogens is 310 g/mol. The Balaban J connectivity index is 1.75. The van der Waals surface area contributed by atoms with Crippen LogP contribution in [-0.4, -0.2) is 22.4 Å². The molecule has 4 aliphatic carbocycles. The largest absolute Gasteiger partial charge is 0.393 e. The summed E-state index contributed by atoms with van der Waals surface area (Å²) < 4.78 is 26.8. The van der Waals surface area contributed by atoms with Gasteiger partial charge in [-0.05, 0) is 80.6 Å². The van der Waals surface area contributed by atoms with Gasteiger partial charge in [0.15, 0.2) is 0 Å². The summed E-state index contributed by atoms with van der Waals surface area (Å²) in [7, 11) is 0. The molecule has 3 unspecified atom stereocenters. The SMILES string of the molecule is C[C@]12CCC3C(CC=C4C[C@@H](O)CC[C@@]43C=C(F)F)C1CC[C@@H]2O. The third kappa shape index (κ3) is 2.25. The number of aliphatic hydroxyl groups is 2. The molecule has 2 N–H and O–H groups in total. The molecule has 0 saturated heterocycles. The molecule has 24 heavy (non-hydrogen) atoms. The molecule has 0 heterocycles. The third-order valence-electron chi connectivity index (χ3n) is 8.00. The van der Waals surface area contributed by atoms with Crippen LogP contribution in [0.25, 0.3) is 0 Å². The van der Waals surface area contributed by atoms with E-state index < -0.39 is 11.5 Å². The maximum atomic E-state index is 13.4. The molecule has 4 rings (SSSR count). The van der Waals surface area contributed by atoms with Crippen LogP contribution in [0.5, 0.6) is 0 Å². The van der Waals surface area contributed by atoms with E-state index >= 15 is 0 Å². The van der Waals surface area contributed by atoms with E-state index in [1.54, 1.807) is 0 Å². The molecule has 4 heteroatoms. The van der Waals surface area contributed by atoms with Crippen LogP contribution in [0, 0.1) is 28.6 Å². The highest BCUT2D eigenvalue weighted by Gasteiger charge is 2.59. The summed E-state index contributed by atoms with van der Waals surface area (Å²) >= 11 is 0. The molecular formula is C20H28F2O2. The second-order valence-corrected chi connectivity index (χ2v) is 8.85. The van der Waals surface area contributed by atoms with Gasteiger partial charge in [0.25, 0.3) is 6.08 Å². The highest BCUT2D eigenvalue weighted by Crippen LogP contribution is 2.65. The number of aliphatic hydroxyl groups excluding tert-OH is 2. The van der Waals surface area contributed by atoms with Crippen LogP contribution < -0.4 is 0 Å². The fraction of sp³-hybridized carbons (Fsp3) is 0.800. The Morgan fingerprint density at radius 3 is 2.67 bits per heavy atom. The maximum absolute atomic E-state index is 13.4. The predicted molar refractivity (Wildman–Crippen MR) is 88.3 cm³/mol. The molecule has 0 bridgehead atoms. The van der Waals surface area contributed by atoms with Gasteiger partial charge in [-0.25, -0.2) is 0 Å². The van der Waals surface area contributed by atoms with Crippen LogP contribution in [0.3, 0.4) is 0 Å². The second-order valence-electron chi connectivity index (χ2n) is 8.85. The lowest BCUT2D eigenvalue weighted by Gasteiger charge is -2.57. The molecule has 0 radical (unpaired) electrons. The number of allylic oxidation sites excluding steroid dienone is 2. The molecule has 7 atom stereocenters. The first-order chi connectivity index (χ1) is 11.4. The molecule has 3 saturated carbocycles. The van der Waals surface area contributed by atoms with Gasteiger partial charge in [-0.3, -0.25) is 0 Å². The fourth-order valence-corrected chi connectivity index (χ4v) is 6.78. The lowest BCUT2D eigenvalue weighted by molar-refractivity contribution is -0.0649. The number of rotatable bonds is 1. The summed E-state index contributed by atoms with van der Waals surface area (Å²) in [5.41, 5.74) is 0.438. The minimum Gasteiger partial charge on any atom is -0.393 e. The Kier molecular flexibility index (Phi) is 3.92. The molecule has 0 aliphatic heterocycles. The topological polar surface area (TPSA) is 40.5 Å². The first-order valence-corrected chi connectivity index (χ1v) is 9.46. The van der Waals surface area contributed by atoms with Crippen molar-refractivity contribution >= 4 is 0 Å². The number of fused-ring (bicyclic) bond motifs is 5. The van der Waals surface area contributed by atoms with Gasteiger partial charge in [-0.2, -0.15) is 8.78 Å². The Labute approximate surface area is 142 Å². The molecule has 0 aromatic rings. The minimum atomic E-state index is -1.59. The van der Waals surface area contributed by atoms with Crippen molar-refractivity contribution in [2.45, 2.75) is 70.5 Å². The van der Waals surface area contributed by atoms with Crippen molar-refractivity contribution < 1.29 is 19.0 Å². The van der Waals surface area contributed by atoms with Gasteiger partial charge in [0.2, 0.25) is 0 Å². The summed E-state index contributed by atoms with van der Waals surface area (Å²) in [6.07, 6.45) is 7.55. The predicted octanol–water partition coefficient (Wildman–Crippen LogP) is 4.43. The van der Waals surface area contributed by atoms with Crippen LogP contribution in [0.15, 0.2) is 23.8 Å². The highest BCUT2D eigenvalue weighted by atomic mass is 19.3. The van der Waals surface area contributed by atoms with Crippen molar-refractivity contribution in [2.24, 2.45) is 28.6 Å². The number of hydrogen-bond donors (Lipinski definition) is 2. The van der Waals surface area contributed by atoms with Crippen molar-refractivity contribution in [1.29, 1.82) is 0 Å². The average molecular weight is 338 g/mol. The van der Waals surface area contributed by atoms with Gasteiger partial charge in [0, 0.05) is 5.41 Å². The average Bonchev–Trinajstić information content (AvgIpc) is 2.83. The first-order valence-electron chi connectivity index (χ1n) is 9.46. The van der Waals surface area contributed by atoms with E-state index in [0.29, 0.717) is 31.1 Å². The zero-order valence-electron chi connectivity index (χ0n) is 14.3. The van der Waals surface area contributed by atoms with Gasteiger partial charge >= 0.3 is 0 Å². The summed E-state index contributed by atoms with van der Waals surface area (Å²) in [5, 5.41) is 20.5. The first kappa shape index (κ1) is 16.7. The Morgan fingerprint density at radius 1 is 1.12 bits per heavy atom. The van der Waals surface area contributed by atoms with E-state index in [1.807, 2.05) is 0 Å². The summed E-state index contributed by atoms with van der Waals surface area (Å²) in [5.74, 6) is 1.05. The minimum absolute atomic E-state index is 0.0418. The lowest BCUT2D eigenvalue weighted by Crippen LogP contribution is -2.51. The summed E-state index contributed by atoms with van der Waals surface area (Å²) in [6.45, 7) is 2.20. The van der Waals surface area contributed by atoms with E-state index in [1.165, 1.54) is 6.08 Å². The van der Waals surface area contributed by atoms with Crippen molar-refractivity contribution in [1.82, 2.24) is 0 Å². The molecule has 0 spiro atoms. The standard InChI is InChI=1S/C20H28F2O2/c1-19-8-7-16-14(15(19)4-5-17(19)24)3-2-12-10-13(23)6-9-20(12,16)11-18(21)22/h2,11,13-17,23-24H,3-10H2,1H3/t13-,14?,15?,16?,17-,19-,20+/m0/s1. The van der Waals surface area contributed by atoms with Gasteiger partial charge in [0.1, 0.15) is 0 Å². The third-order valence-corrected chi connectivity index (χ3v) is 8.00. The Hall–Kier alpha value is -0.740. The molecule has 3 fully saturated rings. The van der Waals surface area contributed by atoms with Crippen LogP contribution in [-0.2, 0) is 0 Å². The number of halogens is 2. The van der Waals surface area contributed by atoms with Gasteiger partial charge in [0.05, 0.1) is 12.2 Å². The normalized spacial score (nSPS) is 50.4. The fourth-order valence-electron chi connectivity index (χ4n) is 6.78. The smallest absolute Gasteiger partial charge is 0.267 e.